The lowest BCUT2D eigenvalue weighted by Gasteiger charge is -2.26. The van der Waals surface area contributed by atoms with Crippen molar-refractivity contribution in [3.63, 3.8) is 0 Å². The van der Waals surface area contributed by atoms with Crippen molar-refractivity contribution in [1.29, 1.82) is 0 Å². The molecule has 1 aliphatic rings. The standard InChI is InChI=1S/C11H16N2OS2/c12-11-8(2-1-3-13-11)6-9(14)10-7-15-4-5-16-10/h1-3,9-10,14H,4-7H2,(H2,12,13). The van der Waals surface area contributed by atoms with Gasteiger partial charge in [-0.05, 0) is 11.6 Å². The molecule has 5 heteroatoms. The van der Waals surface area contributed by atoms with Gasteiger partial charge in [-0.15, -0.1) is 0 Å². The number of thioether (sulfide) groups is 2. The Morgan fingerprint density at radius 3 is 3.12 bits per heavy atom. The van der Waals surface area contributed by atoms with Crippen LogP contribution in [-0.4, -0.2) is 38.7 Å². The van der Waals surface area contributed by atoms with Gasteiger partial charge in [-0.1, -0.05) is 6.07 Å². The first-order valence-electron chi connectivity index (χ1n) is 5.34. The van der Waals surface area contributed by atoms with Gasteiger partial charge in [0.25, 0.3) is 0 Å². The van der Waals surface area contributed by atoms with Gasteiger partial charge in [-0.3, -0.25) is 0 Å². The Bertz CT molecular complexity index is 343. The maximum Gasteiger partial charge on any atom is 0.126 e. The molecule has 2 unspecified atom stereocenters. The Kier molecular flexibility index (Phi) is 4.37. The molecule has 0 spiro atoms. The van der Waals surface area contributed by atoms with E-state index in [1.54, 1.807) is 6.20 Å². The quantitative estimate of drug-likeness (QED) is 0.856. The third-order valence-corrected chi connectivity index (χ3v) is 5.53. The number of aromatic nitrogens is 1. The third kappa shape index (κ3) is 3.06. The number of anilines is 1. The first-order chi connectivity index (χ1) is 7.77. The van der Waals surface area contributed by atoms with Crippen LogP contribution in [0, 0.1) is 0 Å². The molecular formula is C11H16N2OS2. The predicted molar refractivity (Wildman–Crippen MR) is 71.9 cm³/mol. The molecule has 1 aliphatic heterocycles. The highest BCUT2D eigenvalue weighted by atomic mass is 32.2. The molecular weight excluding hydrogens is 240 g/mol. The van der Waals surface area contributed by atoms with Gasteiger partial charge < -0.3 is 10.8 Å². The zero-order valence-corrected chi connectivity index (χ0v) is 10.6. The van der Waals surface area contributed by atoms with Crippen molar-refractivity contribution in [2.24, 2.45) is 0 Å². The molecule has 88 valence electrons. The lowest BCUT2D eigenvalue weighted by atomic mass is 10.1. The van der Waals surface area contributed by atoms with Crippen LogP contribution in [0.15, 0.2) is 18.3 Å². The third-order valence-electron chi connectivity index (χ3n) is 2.63. The van der Waals surface area contributed by atoms with Crippen LogP contribution in [0.1, 0.15) is 5.56 Å². The number of hydrogen-bond donors (Lipinski definition) is 2. The number of nitrogens with zero attached hydrogens (tertiary/aromatic N) is 1. The summed E-state index contributed by atoms with van der Waals surface area (Å²) in [6, 6.07) is 3.80. The summed E-state index contributed by atoms with van der Waals surface area (Å²) in [6.07, 6.45) is 1.97. The van der Waals surface area contributed by atoms with Crippen molar-refractivity contribution in [3.05, 3.63) is 23.9 Å². The number of nitrogen functional groups attached to an aromatic ring is 1. The van der Waals surface area contributed by atoms with Gasteiger partial charge in [0.1, 0.15) is 5.82 Å². The molecule has 2 rings (SSSR count). The van der Waals surface area contributed by atoms with E-state index in [1.165, 1.54) is 5.75 Å². The maximum absolute atomic E-state index is 10.1. The fraction of sp³-hybridized carbons (Fsp3) is 0.545. The Labute approximate surface area is 104 Å². The van der Waals surface area contributed by atoms with Gasteiger partial charge >= 0.3 is 0 Å². The molecule has 3 nitrogen and oxygen atoms in total. The molecule has 1 aromatic heterocycles. The van der Waals surface area contributed by atoms with Gasteiger partial charge in [-0.25, -0.2) is 4.98 Å². The van der Waals surface area contributed by atoms with E-state index in [9.17, 15) is 5.11 Å². The Morgan fingerprint density at radius 2 is 2.44 bits per heavy atom. The smallest absolute Gasteiger partial charge is 0.126 e. The Balaban J connectivity index is 1.96. The fourth-order valence-corrected chi connectivity index (χ4v) is 4.48. The zero-order chi connectivity index (χ0) is 11.4. The van der Waals surface area contributed by atoms with E-state index in [0.29, 0.717) is 17.5 Å². The molecule has 0 saturated carbocycles. The summed E-state index contributed by atoms with van der Waals surface area (Å²) in [5.74, 6) is 3.90. The largest absolute Gasteiger partial charge is 0.392 e. The first-order valence-corrected chi connectivity index (χ1v) is 7.54. The van der Waals surface area contributed by atoms with Gasteiger partial charge in [0.2, 0.25) is 0 Å². The highest BCUT2D eigenvalue weighted by Gasteiger charge is 2.23. The Morgan fingerprint density at radius 1 is 1.56 bits per heavy atom. The monoisotopic (exact) mass is 256 g/mol. The maximum atomic E-state index is 10.1. The summed E-state index contributed by atoms with van der Waals surface area (Å²) < 4.78 is 0. The van der Waals surface area contributed by atoms with E-state index in [4.69, 9.17) is 5.73 Å². The molecule has 2 atom stereocenters. The average Bonchev–Trinajstić information content (AvgIpc) is 2.33. The molecule has 0 amide bonds. The van der Waals surface area contributed by atoms with Gasteiger partial charge in [0.15, 0.2) is 0 Å². The van der Waals surface area contributed by atoms with E-state index in [1.807, 2.05) is 35.7 Å². The van der Waals surface area contributed by atoms with E-state index in [0.717, 1.165) is 17.1 Å². The van der Waals surface area contributed by atoms with E-state index >= 15 is 0 Å². The second-order valence-corrected chi connectivity index (χ2v) is 6.30. The zero-order valence-electron chi connectivity index (χ0n) is 9.00. The van der Waals surface area contributed by atoms with Crippen molar-refractivity contribution in [3.8, 4) is 0 Å². The van der Waals surface area contributed by atoms with Crippen molar-refractivity contribution >= 4 is 29.3 Å². The lowest BCUT2D eigenvalue weighted by Crippen LogP contribution is -2.30. The first kappa shape index (κ1) is 12.1. The molecule has 1 aromatic rings. The summed E-state index contributed by atoms with van der Waals surface area (Å²) >= 11 is 3.78. The van der Waals surface area contributed by atoms with E-state index in [2.05, 4.69) is 4.98 Å². The van der Waals surface area contributed by atoms with Crippen molar-refractivity contribution in [1.82, 2.24) is 4.98 Å². The fourth-order valence-electron chi connectivity index (χ4n) is 1.71. The topological polar surface area (TPSA) is 59.1 Å². The summed E-state index contributed by atoms with van der Waals surface area (Å²) in [6.45, 7) is 0. The van der Waals surface area contributed by atoms with Crippen molar-refractivity contribution < 1.29 is 5.11 Å². The van der Waals surface area contributed by atoms with Crippen LogP contribution in [0.4, 0.5) is 5.82 Å². The summed E-state index contributed by atoms with van der Waals surface area (Å²) in [4.78, 5) is 4.03. The SMILES string of the molecule is Nc1ncccc1CC(O)C1CSCCS1. The molecule has 0 bridgehead atoms. The van der Waals surface area contributed by atoms with Gasteiger partial charge in [-0.2, -0.15) is 23.5 Å². The number of hydrogen-bond acceptors (Lipinski definition) is 5. The van der Waals surface area contributed by atoms with E-state index in [-0.39, 0.29) is 6.10 Å². The van der Waals surface area contributed by atoms with Crippen LogP contribution in [0.3, 0.4) is 0 Å². The number of rotatable bonds is 3. The number of aliphatic hydroxyl groups is 1. The minimum absolute atomic E-state index is 0.315. The summed E-state index contributed by atoms with van der Waals surface area (Å²) in [5, 5.41) is 10.5. The van der Waals surface area contributed by atoms with Gasteiger partial charge in [0, 0.05) is 35.1 Å². The molecule has 3 N–H and O–H groups in total. The molecule has 0 radical (unpaired) electrons. The van der Waals surface area contributed by atoms with Crippen LogP contribution < -0.4 is 5.73 Å². The van der Waals surface area contributed by atoms with E-state index < -0.39 is 0 Å². The highest BCUT2D eigenvalue weighted by Crippen LogP contribution is 2.28. The minimum Gasteiger partial charge on any atom is -0.392 e. The summed E-state index contributed by atoms with van der Waals surface area (Å²) in [7, 11) is 0. The van der Waals surface area contributed by atoms with Gasteiger partial charge in [0.05, 0.1) is 6.10 Å². The van der Waals surface area contributed by atoms with Crippen LogP contribution in [0.5, 0.6) is 0 Å². The van der Waals surface area contributed by atoms with Crippen LogP contribution >= 0.6 is 23.5 Å². The van der Waals surface area contributed by atoms with Crippen molar-refractivity contribution in [2.75, 3.05) is 23.0 Å². The molecule has 1 fully saturated rings. The average molecular weight is 256 g/mol. The highest BCUT2D eigenvalue weighted by molar-refractivity contribution is 8.06. The predicted octanol–water partition coefficient (Wildman–Crippen LogP) is 1.42. The second-order valence-electron chi connectivity index (χ2n) is 3.80. The normalized spacial score (nSPS) is 22.9. The summed E-state index contributed by atoms with van der Waals surface area (Å²) in [5.41, 5.74) is 6.71. The number of nitrogens with two attached hydrogens (primary N) is 1. The minimum atomic E-state index is -0.315. The molecule has 0 aliphatic carbocycles. The molecule has 16 heavy (non-hydrogen) atoms. The number of pyridine rings is 1. The van der Waals surface area contributed by atoms with Crippen LogP contribution in [-0.2, 0) is 6.42 Å². The number of aliphatic hydroxyl groups excluding tert-OH is 1. The van der Waals surface area contributed by atoms with Crippen LogP contribution in [0.25, 0.3) is 0 Å². The molecule has 1 saturated heterocycles. The van der Waals surface area contributed by atoms with Crippen LogP contribution in [0.2, 0.25) is 0 Å². The second kappa shape index (κ2) is 5.80. The Hall–Kier alpha value is -0.390. The molecule has 2 heterocycles. The molecule has 0 aromatic carbocycles. The lowest BCUT2D eigenvalue weighted by molar-refractivity contribution is 0.177. The van der Waals surface area contributed by atoms with Crippen molar-refractivity contribution in [2.45, 2.75) is 17.8 Å².